The molecule has 4 aromatic rings. The molecule has 4 unspecified atom stereocenters. The molecule has 6 rings (SSSR count). The first-order valence-corrected chi connectivity index (χ1v) is 18.4. The van der Waals surface area contributed by atoms with E-state index in [9.17, 15) is 29.3 Å². The lowest BCUT2D eigenvalue weighted by Gasteiger charge is -2.43. The van der Waals surface area contributed by atoms with Crippen molar-refractivity contribution >= 4 is 12.2 Å². The second kappa shape index (κ2) is 18.4. The van der Waals surface area contributed by atoms with E-state index < -0.39 is 17.3 Å². The van der Waals surface area contributed by atoms with Crippen LogP contribution in [0.2, 0.25) is 0 Å². The van der Waals surface area contributed by atoms with Crippen LogP contribution in [0.3, 0.4) is 0 Å². The number of aliphatic hydroxyl groups is 3. The second-order valence-corrected chi connectivity index (χ2v) is 13.8. The number of methoxy groups -OCH3 is 1. The molecule has 2 aliphatic rings. The maximum Gasteiger partial charge on any atom is 0.411 e. The van der Waals surface area contributed by atoms with E-state index in [1.54, 1.807) is 29.0 Å². The molecule has 4 aromatic carbocycles. The fourth-order valence-electron chi connectivity index (χ4n) is 7.27. The molecule has 4 atom stereocenters. The summed E-state index contributed by atoms with van der Waals surface area (Å²) < 4.78 is 30.3. The molecule has 0 bridgehead atoms. The normalized spacial score (nSPS) is 20.9. The van der Waals surface area contributed by atoms with Gasteiger partial charge < -0.3 is 39.3 Å². The molecule has 0 aliphatic carbocycles. The van der Waals surface area contributed by atoms with Crippen LogP contribution in [0.1, 0.15) is 85.9 Å². The van der Waals surface area contributed by atoms with Crippen molar-refractivity contribution in [1.29, 1.82) is 0 Å². The minimum Gasteiger partial charge on any atom is -0.497 e. The summed E-state index contributed by atoms with van der Waals surface area (Å²) in [4.78, 5) is 29.1. The first kappa shape index (κ1) is 40.2. The van der Waals surface area contributed by atoms with Gasteiger partial charge in [-0.1, -0.05) is 78.9 Å². The zero-order chi connectivity index (χ0) is 38.7. The summed E-state index contributed by atoms with van der Waals surface area (Å²) in [6, 6.07) is 30.6. The Hall–Kier alpha value is -4.97. The van der Waals surface area contributed by atoms with Gasteiger partial charge >= 0.3 is 12.2 Å². The number of hydrogen-bond donors (Lipinski definition) is 3. The molecule has 2 heterocycles. The fourth-order valence-corrected chi connectivity index (χ4v) is 7.27. The molecular weight excluding hydrogens is 691 g/mol. The van der Waals surface area contributed by atoms with Gasteiger partial charge in [0, 0.05) is 45.6 Å². The highest BCUT2D eigenvalue weighted by Crippen LogP contribution is 2.41. The van der Waals surface area contributed by atoms with E-state index in [4.69, 9.17) is 14.2 Å². The van der Waals surface area contributed by atoms with Crippen LogP contribution < -0.4 is 4.74 Å². The molecule has 0 radical (unpaired) electrons. The van der Waals surface area contributed by atoms with Gasteiger partial charge in [0.25, 0.3) is 0 Å². The number of rotatable bonds is 13. The Bertz CT molecular complexity index is 1710. The number of benzene rings is 4. The SMILES string of the molecule is CC(c1ccc(CO)cc1)N1CCC(CCCO)(c2ccccc2)OC1=O.COc1ccc(C(C)N2CCC(CCO)(c3ccc(F)cc3)OC2=O)cc1. The van der Waals surface area contributed by atoms with Crippen LogP contribution in [0.5, 0.6) is 5.75 Å². The highest BCUT2D eigenvalue weighted by atomic mass is 19.1. The third-order valence-corrected chi connectivity index (χ3v) is 10.6. The van der Waals surface area contributed by atoms with Gasteiger partial charge in [-0.05, 0) is 78.8 Å². The molecule has 3 N–H and O–H groups in total. The number of cyclic esters (lactones) is 2. The zero-order valence-electron chi connectivity index (χ0n) is 31.2. The first-order chi connectivity index (χ1) is 26.1. The van der Waals surface area contributed by atoms with E-state index in [-0.39, 0.29) is 50.2 Å². The van der Waals surface area contributed by atoms with E-state index >= 15 is 0 Å². The second-order valence-electron chi connectivity index (χ2n) is 13.8. The maximum atomic E-state index is 13.3. The lowest BCUT2D eigenvalue weighted by atomic mass is 9.84. The summed E-state index contributed by atoms with van der Waals surface area (Å²) in [5, 5.41) is 28.0. The molecule has 0 spiro atoms. The summed E-state index contributed by atoms with van der Waals surface area (Å²) in [5.74, 6) is 0.403. The number of hydrogen-bond acceptors (Lipinski definition) is 8. The smallest absolute Gasteiger partial charge is 0.411 e. The van der Waals surface area contributed by atoms with Gasteiger partial charge in [-0.3, -0.25) is 0 Å². The molecule has 11 heteroatoms. The van der Waals surface area contributed by atoms with Gasteiger partial charge in [0.15, 0.2) is 0 Å². The van der Waals surface area contributed by atoms with Crippen molar-refractivity contribution < 1.29 is 43.5 Å². The van der Waals surface area contributed by atoms with Crippen molar-refractivity contribution in [3.05, 3.63) is 137 Å². The van der Waals surface area contributed by atoms with Crippen LogP contribution in [0.25, 0.3) is 0 Å². The average molecular weight is 743 g/mol. The Labute approximate surface area is 316 Å². The summed E-state index contributed by atoms with van der Waals surface area (Å²) >= 11 is 0. The van der Waals surface area contributed by atoms with Gasteiger partial charge in [0.2, 0.25) is 0 Å². The van der Waals surface area contributed by atoms with Crippen molar-refractivity contribution in [3.63, 3.8) is 0 Å². The summed E-state index contributed by atoms with van der Waals surface area (Å²) in [6.45, 7) is 4.94. The van der Waals surface area contributed by atoms with Crippen LogP contribution in [0.4, 0.5) is 14.0 Å². The quantitative estimate of drug-likeness (QED) is 0.127. The molecular formula is C43H51FN2O8. The van der Waals surface area contributed by atoms with Crippen molar-refractivity contribution in [3.8, 4) is 5.75 Å². The number of carbonyl (C=O) groups is 2. The molecule has 0 saturated carbocycles. The number of carbonyl (C=O) groups excluding carboxylic acids is 2. The average Bonchev–Trinajstić information content (AvgIpc) is 3.20. The molecule has 2 saturated heterocycles. The number of amides is 2. The van der Waals surface area contributed by atoms with Crippen LogP contribution in [0, 0.1) is 5.82 Å². The first-order valence-electron chi connectivity index (χ1n) is 18.4. The van der Waals surface area contributed by atoms with Crippen LogP contribution in [-0.4, -0.2) is 70.7 Å². The molecule has 2 amide bonds. The maximum absolute atomic E-state index is 13.3. The number of nitrogens with zero attached hydrogens (tertiary/aromatic N) is 2. The summed E-state index contributed by atoms with van der Waals surface area (Å²) in [5.41, 5.74) is 2.89. The third kappa shape index (κ3) is 9.21. The number of aliphatic hydroxyl groups excluding tert-OH is 3. The van der Waals surface area contributed by atoms with Gasteiger partial charge in [0.05, 0.1) is 25.8 Å². The highest BCUT2D eigenvalue weighted by molar-refractivity contribution is 5.71. The molecule has 2 aliphatic heterocycles. The Morgan fingerprint density at radius 3 is 1.65 bits per heavy atom. The third-order valence-electron chi connectivity index (χ3n) is 10.6. The Kier molecular flexibility index (Phi) is 13.7. The van der Waals surface area contributed by atoms with Gasteiger partial charge in [-0.15, -0.1) is 0 Å². The molecule has 54 heavy (non-hydrogen) atoms. The minimum atomic E-state index is -0.935. The number of halogens is 1. The van der Waals surface area contributed by atoms with Crippen LogP contribution >= 0.6 is 0 Å². The van der Waals surface area contributed by atoms with Crippen molar-refractivity contribution in [2.45, 2.75) is 75.8 Å². The van der Waals surface area contributed by atoms with E-state index in [0.717, 1.165) is 28.0 Å². The molecule has 0 aromatic heterocycles. The Balaban J connectivity index is 0.000000208. The van der Waals surface area contributed by atoms with E-state index in [1.165, 1.54) is 12.1 Å². The zero-order valence-corrected chi connectivity index (χ0v) is 31.2. The van der Waals surface area contributed by atoms with Crippen molar-refractivity contribution in [2.24, 2.45) is 0 Å². The van der Waals surface area contributed by atoms with Crippen LogP contribution in [-0.2, 0) is 27.3 Å². The molecule has 10 nitrogen and oxygen atoms in total. The highest BCUT2D eigenvalue weighted by Gasteiger charge is 2.44. The number of ether oxygens (including phenoxy) is 3. The fraction of sp³-hybridized carbons (Fsp3) is 0.395. The standard InChI is InChI=1S/C22H27NO4.C21H24FNO4/c1-17(19-10-8-18(16-25)9-11-19)23-14-13-22(12-5-15-24,27-21(23)26)20-6-3-2-4-7-20;1-15(16-3-9-19(26-2)10-4-16)23-13-11-21(12-14-24,27-20(23)25)17-5-7-18(22)8-6-17/h2-4,6-11,17,24-25H,5,12-16H2,1H3;3-10,15,24H,11-14H2,1-2H3. The van der Waals surface area contributed by atoms with E-state index in [1.807, 2.05) is 92.7 Å². The Morgan fingerprint density at radius 2 is 1.19 bits per heavy atom. The lowest BCUT2D eigenvalue weighted by molar-refractivity contribution is -0.0719. The largest absolute Gasteiger partial charge is 0.497 e. The van der Waals surface area contributed by atoms with Gasteiger partial charge in [-0.2, -0.15) is 0 Å². The van der Waals surface area contributed by atoms with Crippen LogP contribution in [0.15, 0.2) is 103 Å². The predicted octanol–water partition coefficient (Wildman–Crippen LogP) is 7.77. The lowest BCUT2D eigenvalue weighted by Crippen LogP contribution is -2.49. The molecule has 2 fully saturated rings. The summed E-state index contributed by atoms with van der Waals surface area (Å²) in [7, 11) is 1.61. The van der Waals surface area contributed by atoms with Gasteiger partial charge in [-0.25, -0.2) is 14.0 Å². The van der Waals surface area contributed by atoms with E-state index in [2.05, 4.69) is 0 Å². The minimum absolute atomic E-state index is 0.00483. The van der Waals surface area contributed by atoms with Crippen molar-refractivity contribution in [2.75, 3.05) is 33.4 Å². The van der Waals surface area contributed by atoms with E-state index in [0.29, 0.717) is 44.3 Å². The topological polar surface area (TPSA) is 129 Å². The van der Waals surface area contributed by atoms with Crippen molar-refractivity contribution in [1.82, 2.24) is 9.80 Å². The van der Waals surface area contributed by atoms with Gasteiger partial charge in [0.1, 0.15) is 22.8 Å². The molecule has 288 valence electrons. The summed E-state index contributed by atoms with van der Waals surface area (Å²) in [6.07, 6.45) is 1.89. The predicted molar refractivity (Wildman–Crippen MR) is 202 cm³/mol. The Morgan fingerprint density at radius 1 is 0.685 bits per heavy atom. The monoisotopic (exact) mass is 742 g/mol.